The summed E-state index contributed by atoms with van der Waals surface area (Å²) in [6.07, 6.45) is -3.29. The number of carbonyl (C=O) groups excluding carboxylic acids is 1. The highest BCUT2D eigenvalue weighted by atomic mass is 32.2. The highest BCUT2D eigenvalue weighted by molar-refractivity contribution is 7.87. The molecule has 1 heterocycles. The number of hydrogen-bond acceptors (Lipinski definition) is 7. The summed E-state index contributed by atoms with van der Waals surface area (Å²) in [4.78, 5) is 14.2. The minimum absolute atomic E-state index is 0.0325. The van der Waals surface area contributed by atoms with Crippen molar-refractivity contribution in [3.63, 3.8) is 0 Å². The van der Waals surface area contributed by atoms with Crippen LogP contribution < -0.4 is 19.0 Å². The van der Waals surface area contributed by atoms with Crippen molar-refractivity contribution < 1.29 is 44.8 Å². The smallest absolute Gasteiger partial charge is 0.416 e. The quantitative estimate of drug-likeness (QED) is 0.300. The number of rotatable bonds is 10. The standard InChI is InChI=1S/C28H29F3N2O7S/c1-37-24-11-4-3-10-23(24)32-27(34)33(18-21-8-6-14-39-21)17-19-12-13-25(38-2)26(15-19)40-41(35,36)22-9-5-7-20(16-22)28(29,30)31/h3-5,7,9-13,15-16,21H,6,8,14,17-18H2,1-2H3,(H,32,34). The second kappa shape index (κ2) is 12.7. The minimum atomic E-state index is -4.74. The van der Waals surface area contributed by atoms with Gasteiger partial charge in [-0.2, -0.15) is 21.6 Å². The van der Waals surface area contributed by atoms with Crippen LogP contribution in [0.3, 0.4) is 0 Å². The van der Waals surface area contributed by atoms with E-state index in [0.717, 1.165) is 31.0 Å². The number of nitrogens with zero attached hydrogens (tertiary/aromatic N) is 1. The Morgan fingerprint density at radius 2 is 1.76 bits per heavy atom. The van der Waals surface area contributed by atoms with Gasteiger partial charge in [0.1, 0.15) is 10.6 Å². The molecule has 0 saturated carbocycles. The highest BCUT2D eigenvalue weighted by Crippen LogP contribution is 2.34. The third kappa shape index (κ3) is 7.61. The van der Waals surface area contributed by atoms with E-state index in [1.54, 1.807) is 30.3 Å². The number of halogens is 3. The number of ether oxygens (including phenoxy) is 3. The van der Waals surface area contributed by atoms with Crippen molar-refractivity contribution in [2.45, 2.75) is 36.6 Å². The fourth-order valence-electron chi connectivity index (χ4n) is 4.29. The molecule has 0 aliphatic carbocycles. The molecule has 1 aliphatic heterocycles. The zero-order valence-corrected chi connectivity index (χ0v) is 23.1. The SMILES string of the molecule is COc1ccccc1NC(=O)N(Cc1ccc(OC)c(OS(=O)(=O)c2cccc(C(F)(F)F)c2)c1)CC1CCCO1. The van der Waals surface area contributed by atoms with Crippen LogP contribution in [0, 0.1) is 0 Å². The Hall–Kier alpha value is -3.97. The molecule has 0 bridgehead atoms. The van der Waals surface area contributed by atoms with Crippen molar-refractivity contribution >= 4 is 21.8 Å². The van der Waals surface area contributed by atoms with Gasteiger partial charge in [-0.15, -0.1) is 0 Å². The van der Waals surface area contributed by atoms with E-state index in [0.29, 0.717) is 29.7 Å². The van der Waals surface area contributed by atoms with Crippen LogP contribution in [-0.2, 0) is 27.6 Å². The first-order valence-corrected chi connectivity index (χ1v) is 14.0. The molecule has 13 heteroatoms. The molecule has 1 saturated heterocycles. The lowest BCUT2D eigenvalue weighted by Crippen LogP contribution is -2.39. The van der Waals surface area contributed by atoms with Crippen LogP contribution in [0.15, 0.2) is 71.6 Å². The first-order chi connectivity index (χ1) is 19.5. The number of alkyl halides is 3. The molecule has 41 heavy (non-hydrogen) atoms. The average Bonchev–Trinajstić information content (AvgIpc) is 3.46. The molecule has 0 aromatic heterocycles. The lowest BCUT2D eigenvalue weighted by atomic mass is 10.1. The number of carbonyl (C=O) groups is 1. The molecule has 9 nitrogen and oxygen atoms in total. The molecule has 4 rings (SSSR count). The average molecular weight is 595 g/mol. The molecule has 3 aromatic carbocycles. The van der Waals surface area contributed by atoms with E-state index in [4.69, 9.17) is 18.4 Å². The van der Waals surface area contributed by atoms with Gasteiger partial charge >= 0.3 is 22.3 Å². The van der Waals surface area contributed by atoms with Crippen molar-refractivity contribution in [2.75, 3.05) is 32.7 Å². The van der Waals surface area contributed by atoms with Gasteiger partial charge in [-0.3, -0.25) is 0 Å². The van der Waals surface area contributed by atoms with Crippen molar-refractivity contribution in [1.82, 2.24) is 4.90 Å². The Bertz CT molecular complexity index is 1480. The monoisotopic (exact) mass is 594 g/mol. The Morgan fingerprint density at radius 1 is 1.00 bits per heavy atom. The van der Waals surface area contributed by atoms with Crippen LogP contribution in [-0.4, -0.2) is 52.8 Å². The van der Waals surface area contributed by atoms with Gasteiger partial charge < -0.3 is 28.6 Å². The second-order valence-electron chi connectivity index (χ2n) is 9.19. The Kier molecular flexibility index (Phi) is 9.28. The van der Waals surface area contributed by atoms with Crippen molar-refractivity contribution in [3.05, 3.63) is 77.9 Å². The number of amides is 2. The number of benzene rings is 3. The predicted molar refractivity (Wildman–Crippen MR) is 144 cm³/mol. The zero-order chi connectivity index (χ0) is 29.6. The summed E-state index contributed by atoms with van der Waals surface area (Å²) >= 11 is 0. The predicted octanol–water partition coefficient (Wildman–Crippen LogP) is 5.70. The number of nitrogens with one attached hydrogen (secondary N) is 1. The van der Waals surface area contributed by atoms with E-state index < -0.39 is 32.8 Å². The summed E-state index contributed by atoms with van der Waals surface area (Å²) in [5.41, 5.74) is -0.190. The summed E-state index contributed by atoms with van der Waals surface area (Å²) in [6, 6.07) is 14.2. The summed E-state index contributed by atoms with van der Waals surface area (Å²) < 4.78 is 86.9. The van der Waals surface area contributed by atoms with Gasteiger partial charge in [0.15, 0.2) is 11.5 Å². The van der Waals surface area contributed by atoms with E-state index >= 15 is 0 Å². The normalized spacial score (nSPS) is 15.3. The molecule has 0 radical (unpaired) electrons. The molecule has 1 atom stereocenters. The third-order valence-electron chi connectivity index (χ3n) is 6.33. The van der Waals surface area contributed by atoms with Gasteiger partial charge in [0.05, 0.1) is 31.6 Å². The van der Waals surface area contributed by atoms with Crippen molar-refractivity contribution in [3.8, 4) is 17.2 Å². The lowest BCUT2D eigenvalue weighted by Gasteiger charge is -2.26. The molecule has 2 amide bonds. The fourth-order valence-corrected chi connectivity index (χ4v) is 5.27. The number of para-hydroxylation sites is 2. The molecular weight excluding hydrogens is 565 g/mol. The zero-order valence-electron chi connectivity index (χ0n) is 22.3. The van der Waals surface area contributed by atoms with E-state index in [1.165, 1.54) is 31.3 Å². The van der Waals surface area contributed by atoms with E-state index in [-0.39, 0.29) is 30.7 Å². The summed E-state index contributed by atoms with van der Waals surface area (Å²) in [5.74, 6) is 0.260. The summed E-state index contributed by atoms with van der Waals surface area (Å²) in [6.45, 7) is 0.872. The Labute approximate surface area is 235 Å². The van der Waals surface area contributed by atoms with Gasteiger partial charge in [-0.25, -0.2) is 4.79 Å². The maximum atomic E-state index is 13.4. The molecule has 3 aromatic rings. The molecule has 0 spiro atoms. The van der Waals surface area contributed by atoms with Crippen molar-refractivity contribution in [1.29, 1.82) is 0 Å². The number of urea groups is 1. The van der Waals surface area contributed by atoms with Crippen molar-refractivity contribution in [2.24, 2.45) is 0 Å². The maximum absolute atomic E-state index is 13.4. The largest absolute Gasteiger partial charge is 0.495 e. The van der Waals surface area contributed by atoms with Crippen LogP contribution in [0.1, 0.15) is 24.0 Å². The minimum Gasteiger partial charge on any atom is -0.495 e. The van der Waals surface area contributed by atoms with E-state index in [9.17, 15) is 26.4 Å². The van der Waals surface area contributed by atoms with Gasteiger partial charge in [-0.05, 0) is 60.9 Å². The van der Waals surface area contributed by atoms with Gasteiger partial charge in [-0.1, -0.05) is 24.3 Å². The first-order valence-electron chi connectivity index (χ1n) is 12.6. The topological polar surface area (TPSA) is 103 Å². The van der Waals surface area contributed by atoms with Crippen LogP contribution >= 0.6 is 0 Å². The maximum Gasteiger partial charge on any atom is 0.416 e. The number of anilines is 1. The molecular formula is C28H29F3N2O7S. The van der Waals surface area contributed by atoms with E-state index in [2.05, 4.69) is 5.32 Å². The van der Waals surface area contributed by atoms with Crippen LogP contribution in [0.25, 0.3) is 0 Å². The van der Waals surface area contributed by atoms with Gasteiger partial charge in [0, 0.05) is 19.7 Å². The highest BCUT2D eigenvalue weighted by Gasteiger charge is 2.32. The second-order valence-corrected chi connectivity index (χ2v) is 10.7. The first kappa shape index (κ1) is 30.0. The fraction of sp³-hybridized carbons (Fsp3) is 0.321. The van der Waals surface area contributed by atoms with E-state index in [1.807, 2.05) is 0 Å². The van der Waals surface area contributed by atoms with Gasteiger partial charge in [0.25, 0.3) is 0 Å². The van der Waals surface area contributed by atoms with Gasteiger partial charge in [0.2, 0.25) is 0 Å². The molecule has 1 N–H and O–H groups in total. The van der Waals surface area contributed by atoms with Crippen LogP contribution in [0.4, 0.5) is 23.7 Å². The summed E-state index contributed by atoms with van der Waals surface area (Å²) in [7, 11) is -1.88. The molecule has 1 unspecified atom stereocenters. The van der Waals surface area contributed by atoms with Crippen LogP contribution in [0.5, 0.6) is 17.2 Å². The molecule has 1 aliphatic rings. The molecule has 220 valence electrons. The Morgan fingerprint density at radius 3 is 2.44 bits per heavy atom. The summed E-state index contributed by atoms with van der Waals surface area (Å²) in [5, 5.41) is 2.83. The molecule has 1 fully saturated rings. The number of methoxy groups -OCH3 is 2. The Balaban J connectivity index is 1.60. The third-order valence-corrected chi connectivity index (χ3v) is 7.57. The van der Waals surface area contributed by atoms with Crippen LogP contribution in [0.2, 0.25) is 0 Å². The lowest BCUT2D eigenvalue weighted by molar-refractivity contribution is -0.137. The number of hydrogen-bond donors (Lipinski definition) is 1.